The summed E-state index contributed by atoms with van der Waals surface area (Å²) in [6, 6.07) is 0. The molecule has 1 aliphatic rings. The highest BCUT2D eigenvalue weighted by molar-refractivity contribution is 5.43. The first-order valence-electron chi connectivity index (χ1n) is 5.16. The molecule has 0 aromatic carbocycles. The molecule has 0 aliphatic heterocycles. The second-order valence-corrected chi connectivity index (χ2v) is 3.19. The minimum Gasteiger partial charge on any atom is -0.268 e. The van der Waals surface area contributed by atoms with E-state index >= 15 is 0 Å². The number of aryl methyl sites for hydroxylation is 1. The smallest absolute Gasteiger partial charge is 0.0675 e. The number of nitrogens with zero attached hydrogens (tertiary/aromatic N) is 2. The Kier molecular flexibility index (Phi) is 3.69. The molecule has 2 rings (SSSR count). The van der Waals surface area contributed by atoms with Gasteiger partial charge in [0.2, 0.25) is 0 Å². The van der Waals surface area contributed by atoms with E-state index in [0.29, 0.717) is 5.92 Å². The van der Waals surface area contributed by atoms with E-state index in [9.17, 15) is 0 Å². The zero-order valence-corrected chi connectivity index (χ0v) is 9.36. The van der Waals surface area contributed by atoms with Crippen molar-refractivity contribution in [3.63, 3.8) is 0 Å². The summed E-state index contributed by atoms with van der Waals surface area (Å²) in [5.41, 5.74) is 0. The predicted octanol–water partition coefficient (Wildman–Crippen LogP) is 1.21. The Morgan fingerprint density at radius 2 is 2.07 bits per heavy atom. The van der Waals surface area contributed by atoms with Gasteiger partial charge in [-0.25, -0.2) is 0 Å². The molecule has 0 radical (unpaired) electrons. The van der Waals surface area contributed by atoms with E-state index in [0.717, 1.165) is 0 Å². The molecule has 0 saturated heterocycles. The van der Waals surface area contributed by atoms with Gasteiger partial charge in [0.25, 0.3) is 0 Å². The predicted molar refractivity (Wildman–Crippen MR) is 61.0 cm³/mol. The summed E-state index contributed by atoms with van der Waals surface area (Å²) in [6.45, 7) is 6.17. The molecule has 1 heterocycles. The Bertz CT molecular complexity index is 424. The number of allylic oxidation sites excluding steroid dienone is 2. The molecule has 0 fully saturated rings. The number of hydrogen-bond acceptors (Lipinski definition) is 1. The van der Waals surface area contributed by atoms with Gasteiger partial charge in [-0.1, -0.05) is 39.0 Å². The van der Waals surface area contributed by atoms with Gasteiger partial charge in [-0.05, 0) is 12.0 Å². The average Bonchev–Trinajstić information content (AvgIpc) is 2.44. The van der Waals surface area contributed by atoms with Crippen molar-refractivity contribution in [1.29, 1.82) is 0 Å². The number of aromatic nitrogens is 2. The highest BCUT2D eigenvalue weighted by atomic mass is 15.2. The topological polar surface area (TPSA) is 17.8 Å². The van der Waals surface area contributed by atoms with Crippen molar-refractivity contribution in [2.45, 2.75) is 20.8 Å². The monoisotopic (exact) mass is 190 g/mol. The zero-order valence-electron chi connectivity index (χ0n) is 9.36. The van der Waals surface area contributed by atoms with Crippen LogP contribution in [0.4, 0.5) is 0 Å². The Hall–Kier alpha value is -1.31. The molecule has 0 bridgehead atoms. The van der Waals surface area contributed by atoms with Crippen molar-refractivity contribution in [2.24, 2.45) is 13.0 Å². The fraction of sp³-hybridized carbons (Fsp3) is 0.417. The molecule has 1 aliphatic carbocycles. The summed E-state index contributed by atoms with van der Waals surface area (Å²) >= 11 is 0. The number of fused-ring (bicyclic) bond motifs is 1. The van der Waals surface area contributed by atoms with Gasteiger partial charge in [-0.3, -0.25) is 4.68 Å². The first kappa shape index (κ1) is 10.8. The average molecular weight is 190 g/mol. The molecule has 1 atom stereocenters. The first-order chi connectivity index (χ1) is 6.77. The molecular weight excluding hydrogens is 172 g/mol. The van der Waals surface area contributed by atoms with Gasteiger partial charge >= 0.3 is 0 Å². The summed E-state index contributed by atoms with van der Waals surface area (Å²) in [6.07, 6.45) is 10.5. The highest BCUT2D eigenvalue weighted by Crippen LogP contribution is 1.99. The van der Waals surface area contributed by atoms with Crippen LogP contribution in [0.1, 0.15) is 20.8 Å². The van der Waals surface area contributed by atoms with E-state index < -0.39 is 0 Å². The SMILES string of the molecule is CC.CC1C=CC=c2c(cnn2C)=C1. The summed E-state index contributed by atoms with van der Waals surface area (Å²) in [4.78, 5) is 0. The number of rotatable bonds is 0. The van der Waals surface area contributed by atoms with Crippen LogP contribution in [0.15, 0.2) is 18.3 Å². The number of hydrogen-bond donors (Lipinski definition) is 0. The Labute approximate surface area is 85.3 Å². The van der Waals surface area contributed by atoms with E-state index in [1.165, 1.54) is 10.6 Å². The Balaban J connectivity index is 0.000000461. The minimum absolute atomic E-state index is 0.506. The van der Waals surface area contributed by atoms with E-state index in [-0.39, 0.29) is 0 Å². The maximum Gasteiger partial charge on any atom is 0.0675 e. The molecule has 76 valence electrons. The largest absolute Gasteiger partial charge is 0.268 e. The van der Waals surface area contributed by atoms with Crippen LogP contribution in [-0.4, -0.2) is 9.78 Å². The third-order valence-electron chi connectivity index (χ3n) is 2.13. The van der Waals surface area contributed by atoms with Crippen molar-refractivity contribution in [2.75, 3.05) is 0 Å². The van der Waals surface area contributed by atoms with Crippen LogP contribution in [0, 0.1) is 5.92 Å². The van der Waals surface area contributed by atoms with Gasteiger partial charge in [-0.15, -0.1) is 0 Å². The maximum atomic E-state index is 4.19. The molecule has 1 unspecified atom stereocenters. The zero-order chi connectivity index (χ0) is 10.6. The summed E-state index contributed by atoms with van der Waals surface area (Å²) < 4.78 is 1.90. The fourth-order valence-corrected chi connectivity index (χ4v) is 1.46. The highest BCUT2D eigenvalue weighted by Gasteiger charge is 1.97. The summed E-state index contributed by atoms with van der Waals surface area (Å²) in [5, 5.41) is 6.62. The molecule has 0 saturated carbocycles. The van der Waals surface area contributed by atoms with Crippen LogP contribution in [0.25, 0.3) is 12.2 Å². The van der Waals surface area contributed by atoms with Crippen LogP contribution in [0.2, 0.25) is 0 Å². The summed E-state index contributed by atoms with van der Waals surface area (Å²) in [5.74, 6) is 0.506. The van der Waals surface area contributed by atoms with Crippen molar-refractivity contribution < 1.29 is 0 Å². The fourth-order valence-electron chi connectivity index (χ4n) is 1.46. The molecular formula is C12H18N2. The van der Waals surface area contributed by atoms with Gasteiger partial charge in [0.15, 0.2) is 0 Å². The van der Waals surface area contributed by atoms with Crippen LogP contribution in [0.5, 0.6) is 0 Å². The second-order valence-electron chi connectivity index (χ2n) is 3.19. The third-order valence-corrected chi connectivity index (χ3v) is 2.13. The lowest BCUT2D eigenvalue weighted by Gasteiger charge is -1.91. The van der Waals surface area contributed by atoms with Crippen molar-refractivity contribution in [1.82, 2.24) is 9.78 Å². The molecule has 2 nitrogen and oxygen atoms in total. The third kappa shape index (κ3) is 2.13. The van der Waals surface area contributed by atoms with E-state index in [4.69, 9.17) is 0 Å². The first-order valence-corrected chi connectivity index (χ1v) is 5.16. The molecule has 0 spiro atoms. The summed E-state index contributed by atoms with van der Waals surface area (Å²) in [7, 11) is 1.97. The Morgan fingerprint density at radius 3 is 2.79 bits per heavy atom. The normalized spacial score (nSPS) is 18.1. The molecule has 2 heteroatoms. The molecule has 14 heavy (non-hydrogen) atoms. The Morgan fingerprint density at radius 1 is 1.36 bits per heavy atom. The molecule has 1 aromatic rings. The molecule has 1 aromatic heterocycles. The van der Waals surface area contributed by atoms with E-state index in [1.54, 1.807) is 0 Å². The van der Waals surface area contributed by atoms with Crippen LogP contribution >= 0.6 is 0 Å². The van der Waals surface area contributed by atoms with E-state index in [2.05, 4.69) is 36.3 Å². The van der Waals surface area contributed by atoms with Gasteiger partial charge < -0.3 is 0 Å². The van der Waals surface area contributed by atoms with E-state index in [1.807, 2.05) is 31.8 Å². The molecule has 0 amide bonds. The molecule has 0 N–H and O–H groups in total. The van der Waals surface area contributed by atoms with Crippen molar-refractivity contribution in [3.05, 3.63) is 28.9 Å². The van der Waals surface area contributed by atoms with Crippen molar-refractivity contribution in [3.8, 4) is 0 Å². The van der Waals surface area contributed by atoms with Crippen molar-refractivity contribution >= 4 is 12.2 Å². The quantitative estimate of drug-likeness (QED) is 0.601. The van der Waals surface area contributed by atoms with Crippen LogP contribution < -0.4 is 10.6 Å². The van der Waals surface area contributed by atoms with Gasteiger partial charge in [-0.2, -0.15) is 5.10 Å². The van der Waals surface area contributed by atoms with Gasteiger partial charge in [0.1, 0.15) is 0 Å². The lowest BCUT2D eigenvalue weighted by atomic mass is 10.1. The van der Waals surface area contributed by atoms with Gasteiger partial charge in [0, 0.05) is 12.3 Å². The van der Waals surface area contributed by atoms with Crippen LogP contribution in [0.3, 0.4) is 0 Å². The standard InChI is InChI=1S/C10H12N2.C2H6/c1-8-4-3-5-10-9(6-8)7-11-12(10)2;1-2/h3-8H,1-2H3;1-2H3. The lowest BCUT2D eigenvalue weighted by Crippen LogP contribution is -2.27. The van der Waals surface area contributed by atoms with Gasteiger partial charge in [0.05, 0.1) is 11.5 Å². The maximum absolute atomic E-state index is 4.19. The minimum atomic E-state index is 0.506. The van der Waals surface area contributed by atoms with Crippen LogP contribution in [-0.2, 0) is 7.05 Å². The second kappa shape index (κ2) is 4.80. The lowest BCUT2D eigenvalue weighted by molar-refractivity contribution is 0.743.